The number of aryl methyl sites for hydroxylation is 1. The molecule has 0 aliphatic carbocycles. The van der Waals surface area contributed by atoms with Gasteiger partial charge in [0.15, 0.2) is 11.5 Å². The minimum absolute atomic E-state index is 0.0301. The number of rotatable bonds is 6. The molecular weight excluding hydrogens is 419 g/mol. The Labute approximate surface area is 174 Å². The van der Waals surface area contributed by atoms with E-state index in [1.807, 2.05) is 0 Å². The molecule has 3 N–H and O–H groups in total. The quantitative estimate of drug-likeness (QED) is 0.478. The summed E-state index contributed by atoms with van der Waals surface area (Å²) in [4.78, 5) is 16.0. The van der Waals surface area contributed by atoms with Gasteiger partial charge in [-0.3, -0.25) is 9.48 Å². The van der Waals surface area contributed by atoms with Crippen molar-refractivity contribution in [2.75, 3.05) is 5.32 Å². The fraction of sp³-hybridized carbons (Fsp3) is 0.118. The number of anilines is 2. The van der Waals surface area contributed by atoms with Crippen LogP contribution >= 0.6 is 23.2 Å². The van der Waals surface area contributed by atoms with Crippen molar-refractivity contribution in [3.8, 4) is 5.69 Å². The van der Waals surface area contributed by atoms with E-state index >= 15 is 0 Å². The number of carbonyl (C=O) groups is 1. The third-order valence-electron chi connectivity index (χ3n) is 3.90. The highest BCUT2D eigenvalue weighted by atomic mass is 35.5. The average molecular weight is 433 g/mol. The van der Waals surface area contributed by atoms with Crippen molar-refractivity contribution in [1.82, 2.24) is 29.7 Å². The molecule has 1 amide bonds. The van der Waals surface area contributed by atoms with Gasteiger partial charge < -0.3 is 15.6 Å². The van der Waals surface area contributed by atoms with Crippen LogP contribution in [0.5, 0.6) is 0 Å². The highest BCUT2D eigenvalue weighted by molar-refractivity contribution is 6.37. The van der Waals surface area contributed by atoms with Crippen LogP contribution in [0.25, 0.3) is 5.69 Å². The maximum absolute atomic E-state index is 11.9. The maximum atomic E-state index is 11.9. The summed E-state index contributed by atoms with van der Waals surface area (Å²) in [6.45, 7) is 2.04. The number of nitrogens with one attached hydrogen (secondary N) is 1. The Kier molecular flexibility index (Phi) is 4.95. The van der Waals surface area contributed by atoms with Crippen LogP contribution in [0.15, 0.2) is 41.3 Å². The van der Waals surface area contributed by atoms with Gasteiger partial charge in [-0.2, -0.15) is 15.2 Å². The van der Waals surface area contributed by atoms with E-state index in [2.05, 4.69) is 25.7 Å². The molecule has 148 valence electrons. The van der Waals surface area contributed by atoms with E-state index in [1.165, 1.54) is 4.68 Å². The number of carbonyl (C=O) groups excluding carboxylic acids is 1. The Morgan fingerprint density at radius 3 is 2.69 bits per heavy atom. The number of aromatic nitrogens is 6. The second-order valence-corrected chi connectivity index (χ2v) is 6.87. The predicted molar refractivity (Wildman–Crippen MR) is 106 cm³/mol. The number of nitrogens with two attached hydrogens (primary N) is 1. The minimum Gasteiger partial charge on any atom is -0.364 e. The molecule has 3 aromatic heterocycles. The van der Waals surface area contributed by atoms with Gasteiger partial charge in [0, 0.05) is 13.1 Å². The molecule has 0 spiro atoms. The molecule has 3 heterocycles. The van der Waals surface area contributed by atoms with Crippen molar-refractivity contribution >= 4 is 40.5 Å². The molecule has 0 unspecified atom stereocenters. The number of hydrogen-bond acceptors (Lipinski definition) is 7. The van der Waals surface area contributed by atoms with Gasteiger partial charge in [0.2, 0.25) is 5.89 Å². The van der Waals surface area contributed by atoms with Gasteiger partial charge in [-0.15, -0.1) is 0 Å². The predicted octanol–water partition coefficient (Wildman–Crippen LogP) is 2.96. The highest BCUT2D eigenvalue weighted by Gasteiger charge is 2.18. The molecule has 0 atom stereocenters. The van der Waals surface area contributed by atoms with Gasteiger partial charge >= 0.3 is 0 Å². The fourth-order valence-corrected chi connectivity index (χ4v) is 3.26. The van der Waals surface area contributed by atoms with Crippen LogP contribution in [0.1, 0.15) is 22.2 Å². The molecule has 10 nitrogen and oxygen atoms in total. The van der Waals surface area contributed by atoms with Crippen molar-refractivity contribution in [2.24, 2.45) is 5.73 Å². The summed E-state index contributed by atoms with van der Waals surface area (Å²) < 4.78 is 7.96. The van der Waals surface area contributed by atoms with Crippen LogP contribution in [0.3, 0.4) is 0 Å². The second kappa shape index (κ2) is 7.57. The molecule has 0 saturated carbocycles. The Balaban J connectivity index is 1.62. The fourth-order valence-electron chi connectivity index (χ4n) is 2.69. The first-order valence-electron chi connectivity index (χ1n) is 8.33. The third-order valence-corrected chi connectivity index (χ3v) is 4.51. The largest absolute Gasteiger partial charge is 0.364 e. The van der Waals surface area contributed by atoms with E-state index in [4.69, 9.17) is 33.5 Å². The molecule has 4 rings (SSSR count). The van der Waals surface area contributed by atoms with Gasteiger partial charge in [-0.05, 0) is 12.1 Å². The lowest BCUT2D eigenvalue weighted by Gasteiger charge is -2.06. The molecule has 0 aliphatic rings. The number of para-hydroxylation sites is 1. The lowest BCUT2D eigenvalue weighted by atomic mass is 10.3. The Morgan fingerprint density at radius 1 is 1.28 bits per heavy atom. The number of primary amides is 1. The van der Waals surface area contributed by atoms with Gasteiger partial charge in [-0.25, -0.2) is 4.68 Å². The first kappa shape index (κ1) is 19.0. The Hall–Kier alpha value is -3.37. The zero-order chi connectivity index (χ0) is 20.5. The summed E-state index contributed by atoms with van der Waals surface area (Å²) in [6.07, 6.45) is 4.88. The number of benzene rings is 1. The van der Waals surface area contributed by atoms with Crippen LogP contribution < -0.4 is 11.1 Å². The highest BCUT2D eigenvalue weighted by Crippen LogP contribution is 2.30. The van der Waals surface area contributed by atoms with Crippen molar-refractivity contribution in [3.05, 3.63) is 64.2 Å². The number of nitrogens with zero attached hydrogens (tertiary/aromatic N) is 6. The van der Waals surface area contributed by atoms with E-state index in [0.29, 0.717) is 45.4 Å². The zero-order valence-corrected chi connectivity index (χ0v) is 16.5. The van der Waals surface area contributed by atoms with Crippen LogP contribution in [-0.4, -0.2) is 35.6 Å². The molecule has 1 aromatic carbocycles. The molecule has 0 radical (unpaired) electrons. The smallest absolute Gasteiger partial charge is 0.271 e. The summed E-state index contributed by atoms with van der Waals surface area (Å²) in [5.41, 5.74) is 6.93. The first-order valence-corrected chi connectivity index (χ1v) is 9.09. The topological polar surface area (TPSA) is 130 Å². The summed E-state index contributed by atoms with van der Waals surface area (Å²) in [5.74, 6) is 0.266. The number of halogens is 2. The van der Waals surface area contributed by atoms with E-state index < -0.39 is 5.91 Å². The average Bonchev–Trinajstić information content (AvgIpc) is 3.37. The summed E-state index contributed by atoms with van der Waals surface area (Å²) in [7, 11) is 0. The maximum Gasteiger partial charge on any atom is 0.271 e. The lowest BCUT2D eigenvalue weighted by molar-refractivity contribution is 0.0996. The Bertz CT molecular complexity index is 1180. The van der Waals surface area contributed by atoms with E-state index in [0.717, 1.165) is 0 Å². The van der Waals surface area contributed by atoms with Crippen LogP contribution in [0.2, 0.25) is 10.0 Å². The lowest BCUT2D eigenvalue weighted by Crippen LogP contribution is -2.14. The molecule has 0 saturated heterocycles. The first-order chi connectivity index (χ1) is 13.9. The van der Waals surface area contributed by atoms with Crippen molar-refractivity contribution in [1.29, 1.82) is 0 Å². The summed E-state index contributed by atoms with van der Waals surface area (Å²) in [6, 6.07) is 5.06. The van der Waals surface area contributed by atoms with Crippen LogP contribution in [0.4, 0.5) is 11.4 Å². The van der Waals surface area contributed by atoms with Crippen molar-refractivity contribution < 1.29 is 9.32 Å². The zero-order valence-electron chi connectivity index (χ0n) is 15.0. The molecule has 4 aromatic rings. The molecule has 0 fully saturated rings. The van der Waals surface area contributed by atoms with Crippen LogP contribution in [0, 0.1) is 6.92 Å². The molecule has 12 heteroatoms. The van der Waals surface area contributed by atoms with E-state index in [9.17, 15) is 4.79 Å². The summed E-state index contributed by atoms with van der Waals surface area (Å²) >= 11 is 12.5. The number of hydrogen-bond donors (Lipinski definition) is 2. The van der Waals surface area contributed by atoms with Gasteiger partial charge in [0.25, 0.3) is 5.91 Å². The van der Waals surface area contributed by atoms with Gasteiger partial charge in [-0.1, -0.05) is 34.4 Å². The number of amides is 1. The normalized spacial score (nSPS) is 11.0. The SMILES string of the molecule is Cc1nc(Cn2cc(Nc3cn(-c4c(Cl)cccc4Cl)nc3C(N)=O)cn2)no1. The second-order valence-electron chi connectivity index (χ2n) is 6.05. The monoisotopic (exact) mass is 432 g/mol. The minimum atomic E-state index is -0.705. The third kappa shape index (κ3) is 3.93. The van der Waals surface area contributed by atoms with Gasteiger partial charge in [0.1, 0.15) is 12.2 Å². The van der Waals surface area contributed by atoms with E-state index in [-0.39, 0.29) is 5.69 Å². The van der Waals surface area contributed by atoms with Crippen molar-refractivity contribution in [3.63, 3.8) is 0 Å². The van der Waals surface area contributed by atoms with Crippen LogP contribution in [-0.2, 0) is 6.54 Å². The Morgan fingerprint density at radius 2 is 2.03 bits per heavy atom. The summed E-state index contributed by atoms with van der Waals surface area (Å²) in [5, 5.41) is 16.1. The molecule has 0 bridgehead atoms. The molecular formula is C17H14Cl2N8O2. The van der Waals surface area contributed by atoms with Crippen molar-refractivity contribution in [2.45, 2.75) is 13.5 Å². The molecule has 29 heavy (non-hydrogen) atoms. The molecule has 0 aliphatic heterocycles. The standard InChI is InChI=1S/C17H14Cl2N8O2/c1-9-22-14(25-29-9)8-26-6-10(5-21-26)23-13-7-27(24-15(13)17(20)28)16-11(18)3-2-4-12(16)19/h2-7,23H,8H2,1H3,(H2,20,28). The van der Waals surface area contributed by atoms with E-state index in [1.54, 1.807) is 48.4 Å². The van der Waals surface area contributed by atoms with Gasteiger partial charge in [0.05, 0.1) is 33.8 Å².